The molecule has 3 fully saturated rings. The first-order valence-electron chi connectivity index (χ1n) is 9.12. The number of carbonyl (C=O) groups is 4. The van der Waals surface area contributed by atoms with E-state index in [0.29, 0.717) is 13.0 Å². The predicted molar refractivity (Wildman–Crippen MR) is 85.0 cm³/mol. The minimum absolute atomic E-state index is 0.0530. The number of ketones is 2. The van der Waals surface area contributed by atoms with E-state index in [0.717, 1.165) is 12.8 Å². The Morgan fingerprint density at radius 1 is 1.08 bits per heavy atom. The van der Waals surface area contributed by atoms with Crippen LogP contribution >= 0.6 is 0 Å². The average molecular weight is 346 g/mol. The van der Waals surface area contributed by atoms with Crippen LogP contribution in [-0.2, 0) is 28.7 Å². The molecule has 0 saturated heterocycles. The molecule has 4 aliphatic carbocycles. The van der Waals surface area contributed by atoms with Gasteiger partial charge in [0.15, 0.2) is 6.61 Å². The third-order valence-electron chi connectivity index (χ3n) is 6.37. The van der Waals surface area contributed by atoms with Gasteiger partial charge in [-0.2, -0.15) is 0 Å². The molecule has 3 saturated carbocycles. The van der Waals surface area contributed by atoms with Crippen LogP contribution in [0.2, 0.25) is 0 Å². The first-order chi connectivity index (χ1) is 12.0. The quantitative estimate of drug-likeness (QED) is 0.312. The monoisotopic (exact) mass is 346 g/mol. The van der Waals surface area contributed by atoms with Crippen LogP contribution in [0.5, 0.6) is 0 Å². The molecule has 0 amide bonds. The number of hydrogen-bond donors (Lipinski definition) is 0. The van der Waals surface area contributed by atoms with Gasteiger partial charge >= 0.3 is 11.9 Å². The molecule has 0 aromatic carbocycles. The highest BCUT2D eigenvalue weighted by molar-refractivity contribution is 6.01. The van der Waals surface area contributed by atoms with Crippen molar-refractivity contribution < 1.29 is 28.7 Å². The van der Waals surface area contributed by atoms with Crippen LogP contribution in [0.3, 0.4) is 0 Å². The van der Waals surface area contributed by atoms with Crippen molar-refractivity contribution >= 4 is 23.5 Å². The molecule has 0 spiro atoms. The highest BCUT2D eigenvalue weighted by Gasteiger charge is 2.69. The van der Waals surface area contributed by atoms with E-state index in [1.807, 2.05) is 19.1 Å². The average Bonchev–Trinajstić information content (AvgIpc) is 3.30. The summed E-state index contributed by atoms with van der Waals surface area (Å²) in [5.41, 5.74) is 0. The Bertz CT molecular complexity index is 665. The van der Waals surface area contributed by atoms with Crippen molar-refractivity contribution in [3.63, 3.8) is 0 Å². The lowest BCUT2D eigenvalue weighted by Gasteiger charge is -2.32. The number of Topliss-reactive ketones (excluding diaryl/α,β-unsaturated/α-hetero) is 2. The fourth-order valence-electron chi connectivity index (χ4n) is 5.39. The van der Waals surface area contributed by atoms with E-state index < -0.39 is 30.4 Å². The van der Waals surface area contributed by atoms with Crippen LogP contribution in [0, 0.1) is 41.4 Å². The lowest BCUT2D eigenvalue weighted by Crippen LogP contribution is -2.36. The zero-order valence-corrected chi connectivity index (χ0v) is 14.2. The molecule has 0 heterocycles. The number of unbranched alkanes of at least 4 members (excludes halogenated alkanes) is 1. The summed E-state index contributed by atoms with van der Waals surface area (Å²) in [7, 11) is 0. The second-order valence-corrected chi connectivity index (χ2v) is 7.55. The molecule has 6 heteroatoms. The number of allylic oxidation sites excluding steroid dienone is 2. The van der Waals surface area contributed by atoms with Crippen LogP contribution in [0.25, 0.3) is 0 Å². The molecule has 134 valence electrons. The van der Waals surface area contributed by atoms with Gasteiger partial charge in [-0.05, 0) is 24.7 Å². The standard InChI is InChI=1S/C19H22O6/c1-2-3-6-24-13(20)8-25-19(23)12-7-11-14-9-4-5-10(17(9)21)15(14)16(12)18(11)22/h4-5,9-12,14-16H,2-3,6-8H2,1H3. The minimum Gasteiger partial charge on any atom is -0.463 e. The summed E-state index contributed by atoms with van der Waals surface area (Å²) >= 11 is 0. The van der Waals surface area contributed by atoms with Gasteiger partial charge in [0.25, 0.3) is 0 Å². The number of carbonyl (C=O) groups excluding carboxylic acids is 4. The van der Waals surface area contributed by atoms with Gasteiger partial charge in [0.1, 0.15) is 11.6 Å². The summed E-state index contributed by atoms with van der Waals surface area (Å²) in [5, 5.41) is 0. The second kappa shape index (κ2) is 6.07. The molecule has 0 aromatic rings. The van der Waals surface area contributed by atoms with E-state index in [4.69, 9.17) is 9.47 Å². The molecular formula is C19H22O6. The lowest BCUT2D eigenvalue weighted by atomic mass is 9.69. The van der Waals surface area contributed by atoms with Crippen molar-refractivity contribution in [2.24, 2.45) is 41.4 Å². The van der Waals surface area contributed by atoms with Crippen LogP contribution in [-0.4, -0.2) is 36.7 Å². The molecule has 6 nitrogen and oxygen atoms in total. The number of esters is 2. The molecule has 7 unspecified atom stereocenters. The van der Waals surface area contributed by atoms with Gasteiger partial charge in [0.05, 0.1) is 12.5 Å². The number of ether oxygens (including phenoxy) is 2. The van der Waals surface area contributed by atoms with Gasteiger partial charge in [-0.15, -0.1) is 0 Å². The van der Waals surface area contributed by atoms with E-state index in [1.54, 1.807) is 0 Å². The first-order valence-corrected chi connectivity index (χ1v) is 9.12. The maximum absolute atomic E-state index is 12.6. The normalized spacial score (nSPS) is 39.8. The maximum Gasteiger partial charge on any atom is 0.344 e. The molecule has 4 aliphatic rings. The molecule has 4 bridgehead atoms. The number of rotatable bonds is 6. The van der Waals surface area contributed by atoms with Gasteiger partial charge in [-0.3, -0.25) is 14.4 Å². The largest absolute Gasteiger partial charge is 0.463 e. The highest BCUT2D eigenvalue weighted by atomic mass is 16.6. The SMILES string of the molecule is CCCCOC(=O)COC(=O)C1CC2C(=O)C1C1C3C=CC(C3=O)C21. The Balaban J connectivity index is 1.38. The van der Waals surface area contributed by atoms with Crippen LogP contribution in [0.4, 0.5) is 0 Å². The third kappa shape index (κ3) is 2.37. The Hall–Kier alpha value is -1.98. The van der Waals surface area contributed by atoms with Crippen molar-refractivity contribution in [2.45, 2.75) is 26.2 Å². The van der Waals surface area contributed by atoms with Gasteiger partial charge in [0, 0.05) is 23.7 Å². The van der Waals surface area contributed by atoms with E-state index in [9.17, 15) is 19.2 Å². The Morgan fingerprint density at radius 2 is 1.80 bits per heavy atom. The van der Waals surface area contributed by atoms with E-state index >= 15 is 0 Å². The van der Waals surface area contributed by atoms with Crippen molar-refractivity contribution in [2.75, 3.05) is 13.2 Å². The van der Waals surface area contributed by atoms with Gasteiger partial charge < -0.3 is 9.47 Å². The third-order valence-corrected chi connectivity index (χ3v) is 6.37. The van der Waals surface area contributed by atoms with Crippen molar-refractivity contribution in [1.29, 1.82) is 0 Å². The summed E-state index contributed by atoms with van der Waals surface area (Å²) in [4.78, 5) is 48.8. The molecule has 25 heavy (non-hydrogen) atoms. The van der Waals surface area contributed by atoms with Gasteiger partial charge in [-0.1, -0.05) is 25.5 Å². The van der Waals surface area contributed by atoms with E-state index in [1.165, 1.54) is 0 Å². The van der Waals surface area contributed by atoms with Crippen molar-refractivity contribution in [1.82, 2.24) is 0 Å². The minimum atomic E-state index is -0.563. The van der Waals surface area contributed by atoms with Crippen molar-refractivity contribution in [3.05, 3.63) is 12.2 Å². The molecule has 4 rings (SSSR count). The van der Waals surface area contributed by atoms with E-state index in [-0.39, 0.29) is 41.2 Å². The smallest absolute Gasteiger partial charge is 0.344 e. The highest BCUT2D eigenvalue weighted by Crippen LogP contribution is 2.64. The molecule has 7 atom stereocenters. The fraction of sp³-hybridized carbons (Fsp3) is 0.684. The van der Waals surface area contributed by atoms with Crippen molar-refractivity contribution in [3.8, 4) is 0 Å². The summed E-state index contributed by atoms with van der Waals surface area (Å²) in [6.45, 7) is 1.90. The Labute approximate surface area is 145 Å². The lowest BCUT2D eigenvalue weighted by molar-refractivity contribution is -0.163. The topological polar surface area (TPSA) is 86.7 Å². The van der Waals surface area contributed by atoms with Gasteiger partial charge in [0.2, 0.25) is 0 Å². The maximum atomic E-state index is 12.6. The Morgan fingerprint density at radius 3 is 2.52 bits per heavy atom. The van der Waals surface area contributed by atoms with E-state index in [2.05, 4.69) is 0 Å². The number of fused-ring (bicyclic) bond motifs is 9. The zero-order chi connectivity index (χ0) is 17.7. The summed E-state index contributed by atoms with van der Waals surface area (Å²) in [5.74, 6) is -2.27. The zero-order valence-electron chi connectivity index (χ0n) is 14.2. The first kappa shape index (κ1) is 16.5. The fourth-order valence-corrected chi connectivity index (χ4v) is 5.39. The summed E-state index contributed by atoms with van der Waals surface area (Å²) < 4.78 is 10.1. The Kier molecular flexibility index (Phi) is 4.01. The van der Waals surface area contributed by atoms with Crippen LogP contribution < -0.4 is 0 Å². The van der Waals surface area contributed by atoms with Gasteiger partial charge in [-0.25, -0.2) is 4.79 Å². The number of hydrogen-bond acceptors (Lipinski definition) is 6. The molecule has 0 aromatic heterocycles. The van der Waals surface area contributed by atoms with Crippen LogP contribution in [0.15, 0.2) is 12.2 Å². The predicted octanol–water partition coefficient (Wildman–Crippen LogP) is 1.33. The molecule has 0 aliphatic heterocycles. The van der Waals surface area contributed by atoms with Crippen LogP contribution in [0.1, 0.15) is 26.2 Å². The summed E-state index contributed by atoms with van der Waals surface area (Å²) in [6.07, 6.45) is 5.96. The molecular weight excluding hydrogens is 324 g/mol. The summed E-state index contributed by atoms with van der Waals surface area (Å²) in [6, 6.07) is 0. The molecule has 0 N–H and O–H groups in total. The second-order valence-electron chi connectivity index (χ2n) is 7.55. The molecule has 0 radical (unpaired) electrons.